The third-order valence-electron chi connectivity index (χ3n) is 5.10. The number of carbonyl (C=O) groups excluding carboxylic acids is 2. The smallest absolute Gasteiger partial charge is 0.251 e. The molecule has 5 heteroatoms. The average Bonchev–Trinajstić information content (AvgIpc) is 2.93. The Hall–Kier alpha value is -2.17. The van der Waals surface area contributed by atoms with Gasteiger partial charge in [0.1, 0.15) is 5.67 Å². The van der Waals surface area contributed by atoms with Crippen molar-refractivity contribution in [3.63, 3.8) is 0 Å². The number of alkyl halides is 1. The quantitative estimate of drug-likeness (QED) is 0.577. The van der Waals surface area contributed by atoms with E-state index in [9.17, 15) is 14.0 Å². The molecule has 136 valence electrons. The van der Waals surface area contributed by atoms with E-state index in [1.54, 1.807) is 25.3 Å². The van der Waals surface area contributed by atoms with Crippen LogP contribution in [0.5, 0.6) is 0 Å². The first-order valence-electron chi connectivity index (χ1n) is 8.72. The van der Waals surface area contributed by atoms with E-state index in [-0.39, 0.29) is 5.91 Å². The van der Waals surface area contributed by atoms with Gasteiger partial charge in [-0.3, -0.25) is 9.59 Å². The summed E-state index contributed by atoms with van der Waals surface area (Å²) in [5, 5.41) is 3.06. The van der Waals surface area contributed by atoms with Gasteiger partial charge in [0.15, 0.2) is 0 Å². The molecule has 2 rings (SSSR count). The summed E-state index contributed by atoms with van der Waals surface area (Å²) in [6.07, 6.45) is 4.82. The van der Waals surface area contributed by atoms with Crippen LogP contribution in [0, 0.1) is 0 Å². The van der Waals surface area contributed by atoms with Crippen LogP contribution in [-0.2, 0) is 11.3 Å². The monoisotopic (exact) mass is 346 g/mol. The minimum absolute atomic E-state index is 0.181. The van der Waals surface area contributed by atoms with Crippen molar-refractivity contribution in [3.8, 4) is 0 Å². The number of nitrogens with one attached hydrogen (secondary N) is 1. The molecule has 1 aliphatic carbocycles. The predicted molar refractivity (Wildman–Crippen MR) is 97.0 cm³/mol. The summed E-state index contributed by atoms with van der Waals surface area (Å²) in [6.45, 7) is 6.11. The second-order valence-electron chi connectivity index (χ2n) is 7.13. The van der Waals surface area contributed by atoms with Gasteiger partial charge in [-0.05, 0) is 43.4 Å². The fourth-order valence-corrected chi connectivity index (χ4v) is 3.58. The van der Waals surface area contributed by atoms with E-state index < -0.39 is 11.2 Å². The lowest BCUT2D eigenvalue weighted by Crippen LogP contribution is -2.47. The highest BCUT2D eigenvalue weighted by Crippen LogP contribution is 2.44. The van der Waals surface area contributed by atoms with Crippen molar-refractivity contribution in [3.05, 3.63) is 48.0 Å². The summed E-state index contributed by atoms with van der Waals surface area (Å²) in [5.74, 6) is -0.181. The van der Waals surface area contributed by atoms with E-state index in [0.29, 0.717) is 44.2 Å². The maximum atomic E-state index is 14.8. The summed E-state index contributed by atoms with van der Waals surface area (Å²) in [7, 11) is 1.70. The molecule has 1 aliphatic rings. The standard InChI is InChI=1S/C20H27FN2O2/c1-4-10-19(21)11-12-20(5-2,14-19)22-18(25)17-8-6-16(7-9-17)13-23(3)15-24/h4,6-9,15H,1,5,10-14H2,2-3H3,(H,22,25). The Labute approximate surface area is 149 Å². The first-order chi connectivity index (χ1) is 11.9. The van der Waals surface area contributed by atoms with E-state index >= 15 is 0 Å². The lowest BCUT2D eigenvalue weighted by Gasteiger charge is -2.30. The Morgan fingerprint density at radius 3 is 2.60 bits per heavy atom. The molecule has 0 heterocycles. The molecule has 1 fully saturated rings. The van der Waals surface area contributed by atoms with Crippen molar-refractivity contribution in [1.29, 1.82) is 0 Å². The number of carbonyl (C=O) groups is 2. The summed E-state index contributed by atoms with van der Waals surface area (Å²) in [4.78, 5) is 24.8. The van der Waals surface area contributed by atoms with Crippen molar-refractivity contribution in [2.75, 3.05) is 7.05 Å². The van der Waals surface area contributed by atoms with E-state index in [4.69, 9.17) is 0 Å². The third kappa shape index (κ3) is 4.68. The maximum Gasteiger partial charge on any atom is 0.251 e. The third-order valence-corrected chi connectivity index (χ3v) is 5.10. The molecular formula is C20H27FN2O2. The van der Waals surface area contributed by atoms with Gasteiger partial charge in [-0.15, -0.1) is 6.58 Å². The lowest BCUT2D eigenvalue weighted by molar-refractivity contribution is -0.117. The molecule has 1 aromatic carbocycles. The number of allylic oxidation sites excluding steroid dienone is 1. The number of halogens is 1. The largest absolute Gasteiger partial charge is 0.346 e. The molecule has 2 unspecified atom stereocenters. The number of hydrogen-bond donors (Lipinski definition) is 1. The van der Waals surface area contributed by atoms with Gasteiger partial charge < -0.3 is 10.2 Å². The van der Waals surface area contributed by atoms with E-state index in [1.165, 1.54) is 4.90 Å². The molecule has 2 amide bonds. The summed E-state index contributed by atoms with van der Waals surface area (Å²) >= 11 is 0. The molecule has 0 aromatic heterocycles. The molecule has 0 aliphatic heterocycles. The maximum absolute atomic E-state index is 14.8. The Balaban J connectivity index is 2.05. The molecule has 1 aromatic rings. The molecule has 25 heavy (non-hydrogen) atoms. The molecule has 4 nitrogen and oxygen atoms in total. The van der Waals surface area contributed by atoms with Crippen LogP contribution in [0.3, 0.4) is 0 Å². The molecule has 0 spiro atoms. The molecule has 0 radical (unpaired) electrons. The Bertz CT molecular complexity index is 631. The Morgan fingerprint density at radius 1 is 1.36 bits per heavy atom. The van der Waals surface area contributed by atoms with Crippen molar-refractivity contribution < 1.29 is 14.0 Å². The number of amides is 2. The lowest BCUT2D eigenvalue weighted by atomic mass is 9.90. The van der Waals surface area contributed by atoms with E-state index in [2.05, 4.69) is 11.9 Å². The molecule has 0 saturated heterocycles. The molecule has 1 saturated carbocycles. The van der Waals surface area contributed by atoms with Crippen molar-refractivity contribution in [2.45, 2.75) is 56.8 Å². The summed E-state index contributed by atoms with van der Waals surface area (Å²) in [5.41, 5.74) is -0.268. The van der Waals surface area contributed by atoms with Gasteiger partial charge in [-0.25, -0.2) is 4.39 Å². The van der Waals surface area contributed by atoms with Gasteiger partial charge in [-0.1, -0.05) is 25.1 Å². The fraction of sp³-hybridized carbons (Fsp3) is 0.500. The number of nitrogens with zero attached hydrogens (tertiary/aromatic N) is 1. The minimum atomic E-state index is -1.27. The summed E-state index contributed by atoms with van der Waals surface area (Å²) in [6, 6.07) is 7.15. The van der Waals surface area contributed by atoms with Gasteiger partial charge >= 0.3 is 0 Å². The number of benzene rings is 1. The van der Waals surface area contributed by atoms with E-state index in [1.807, 2.05) is 19.1 Å². The number of hydrogen-bond acceptors (Lipinski definition) is 2. The second kappa shape index (κ2) is 7.81. The highest BCUT2D eigenvalue weighted by atomic mass is 19.1. The van der Waals surface area contributed by atoms with Crippen LogP contribution in [0.15, 0.2) is 36.9 Å². The fourth-order valence-electron chi connectivity index (χ4n) is 3.58. The van der Waals surface area contributed by atoms with Crippen LogP contribution in [0.4, 0.5) is 4.39 Å². The molecule has 0 bridgehead atoms. The van der Waals surface area contributed by atoms with Gasteiger partial charge in [0, 0.05) is 31.1 Å². The van der Waals surface area contributed by atoms with Crippen LogP contribution in [0.1, 0.15) is 54.9 Å². The van der Waals surface area contributed by atoms with E-state index in [0.717, 1.165) is 12.0 Å². The van der Waals surface area contributed by atoms with Crippen LogP contribution in [0.2, 0.25) is 0 Å². The SMILES string of the molecule is C=CCC1(F)CCC(CC)(NC(=O)c2ccc(CN(C)C=O)cc2)C1. The second-order valence-corrected chi connectivity index (χ2v) is 7.13. The zero-order valence-corrected chi connectivity index (χ0v) is 15.1. The number of rotatable bonds is 8. The zero-order valence-electron chi connectivity index (χ0n) is 15.1. The van der Waals surface area contributed by atoms with Gasteiger partial charge in [0.2, 0.25) is 6.41 Å². The van der Waals surface area contributed by atoms with Crippen molar-refractivity contribution in [2.24, 2.45) is 0 Å². The average molecular weight is 346 g/mol. The minimum Gasteiger partial charge on any atom is -0.346 e. The Kier molecular flexibility index (Phi) is 5.98. The summed E-state index contributed by atoms with van der Waals surface area (Å²) < 4.78 is 14.8. The van der Waals surface area contributed by atoms with Crippen LogP contribution < -0.4 is 5.32 Å². The zero-order chi connectivity index (χ0) is 18.5. The van der Waals surface area contributed by atoms with Gasteiger partial charge in [0.25, 0.3) is 5.91 Å². The van der Waals surface area contributed by atoms with Crippen LogP contribution in [-0.4, -0.2) is 35.5 Å². The topological polar surface area (TPSA) is 49.4 Å². The van der Waals surface area contributed by atoms with Gasteiger partial charge in [0.05, 0.1) is 0 Å². The molecule has 2 atom stereocenters. The van der Waals surface area contributed by atoms with Crippen LogP contribution in [0.25, 0.3) is 0 Å². The predicted octanol–water partition coefficient (Wildman–Crippen LogP) is 3.62. The van der Waals surface area contributed by atoms with Crippen molar-refractivity contribution >= 4 is 12.3 Å². The molecular weight excluding hydrogens is 319 g/mol. The normalized spacial score (nSPS) is 25.4. The molecule has 1 N–H and O–H groups in total. The van der Waals surface area contributed by atoms with Crippen LogP contribution >= 0.6 is 0 Å². The first kappa shape index (κ1) is 19.2. The highest BCUT2D eigenvalue weighted by molar-refractivity contribution is 5.94. The Morgan fingerprint density at radius 2 is 2.04 bits per heavy atom. The first-order valence-corrected chi connectivity index (χ1v) is 8.72. The highest BCUT2D eigenvalue weighted by Gasteiger charge is 2.47. The van der Waals surface area contributed by atoms with Crippen molar-refractivity contribution in [1.82, 2.24) is 10.2 Å². The van der Waals surface area contributed by atoms with Gasteiger partial charge in [-0.2, -0.15) is 0 Å².